The van der Waals surface area contributed by atoms with Crippen molar-refractivity contribution in [3.8, 4) is 0 Å². The lowest BCUT2D eigenvalue weighted by molar-refractivity contribution is 0.352. The van der Waals surface area contributed by atoms with Crippen LogP contribution in [0.3, 0.4) is 0 Å². The van der Waals surface area contributed by atoms with E-state index in [1.807, 2.05) is 0 Å². The van der Waals surface area contributed by atoms with E-state index in [2.05, 4.69) is 0 Å². The standard InChI is InChI=1S/C7H9ClO6P2S.4H2O/c8-5-1-3-6(4-2-5)17-7(15(9,10)11)16(12,13)14;;;;/h1-4,7H,(H2,9,10,11)(H2,12,13,14);4*1H2. The predicted molar refractivity (Wildman–Crippen MR) is 79.6 cm³/mol. The average Bonchev–Trinajstić information content (AvgIpc) is 2.13. The van der Waals surface area contributed by atoms with Gasteiger partial charge < -0.3 is 41.5 Å². The lowest BCUT2D eigenvalue weighted by atomic mass is 10.4. The van der Waals surface area contributed by atoms with Crippen molar-refractivity contribution in [2.75, 3.05) is 0 Å². The third-order valence-corrected chi connectivity index (χ3v) is 7.87. The quantitative estimate of drug-likeness (QED) is 0.359. The molecule has 0 aliphatic heterocycles. The summed E-state index contributed by atoms with van der Waals surface area (Å²) in [7, 11) is -9.82. The van der Waals surface area contributed by atoms with Crippen LogP contribution < -0.4 is 0 Å². The molecule has 10 nitrogen and oxygen atoms in total. The Labute approximate surface area is 128 Å². The molecule has 0 radical (unpaired) electrons. The largest absolute Gasteiger partial charge is 0.412 e. The summed E-state index contributed by atoms with van der Waals surface area (Å²) >= 11 is 6.04. The molecule has 1 aromatic rings. The topological polar surface area (TPSA) is 241 Å². The van der Waals surface area contributed by atoms with Crippen molar-refractivity contribution in [3.05, 3.63) is 29.3 Å². The van der Waals surface area contributed by atoms with Crippen LogP contribution in [0.15, 0.2) is 29.2 Å². The zero-order valence-corrected chi connectivity index (χ0v) is 13.5. The molecule has 14 heteroatoms. The number of halogens is 1. The molecule has 0 amide bonds. The molecule has 0 fully saturated rings. The fourth-order valence-corrected chi connectivity index (χ4v) is 5.03. The van der Waals surface area contributed by atoms with Crippen LogP contribution in [-0.2, 0) is 9.13 Å². The first-order valence-electron chi connectivity index (χ1n) is 4.13. The SMILES string of the molecule is O.O.O.O.O=P(O)(O)C(Sc1ccc(Cl)cc1)P(=O)(O)O. The zero-order chi connectivity index (χ0) is 13.3. The van der Waals surface area contributed by atoms with Gasteiger partial charge in [0.25, 0.3) is 0 Å². The molecule has 21 heavy (non-hydrogen) atoms. The van der Waals surface area contributed by atoms with Gasteiger partial charge in [-0.3, -0.25) is 9.13 Å². The van der Waals surface area contributed by atoms with Crippen molar-refractivity contribution in [1.29, 1.82) is 0 Å². The number of hydrogen-bond donors (Lipinski definition) is 4. The van der Waals surface area contributed by atoms with E-state index >= 15 is 0 Å². The van der Waals surface area contributed by atoms with Gasteiger partial charge in [0.2, 0.25) is 4.73 Å². The minimum atomic E-state index is -4.91. The third-order valence-electron chi connectivity index (χ3n) is 1.63. The van der Waals surface area contributed by atoms with Gasteiger partial charge in [-0.25, -0.2) is 0 Å². The van der Waals surface area contributed by atoms with E-state index in [4.69, 9.17) is 31.2 Å². The molecule has 0 heterocycles. The monoisotopic (exact) mass is 390 g/mol. The minimum absolute atomic E-state index is 0. The molecule has 12 N–H and O–H groups in total. The molecule has 1 rings (SSSR count). The second-order valence-corrected chi connectivity index (χ2v) is 9.19. The highest BCUT2D eigenvalue weighted by Crippen LogP contribution is 2.65. The second-order valence-electron chi connectivity index (χ2n) is 3.08. The molecule has 0 aliphatic carbocycles. The molecule has 0 saturated carbocycles. The fourth-order valence-electron chi connectivity index (χ4n) is 0.968. The highest BCUT2D eigenvalue weighted by molar-refractivity contribution is 8.12. The lowest BCUT2D eigenvalue weighted by Gasteiger charge is -2.18. The van der Waals surface area contributed by atoms with E-state index in [1.54, 1.807) is 0 Å². The summed E-state index contributed by atoms with van der Waals surface area (Å²) in [6, 6.07) is 5.76. The van der Waals surface area contributed by atoms with Crippen molar-refractivity contribution >= 4 is 38.6 Å². The van der Waals surface area contributed by atoms with Gasteiger partial charge in [0.05, 0.1) is 0 Å². The Balaban J connectivity index is -0.000000361. The van der Waals surface area contributed by atoms with Crippen LogP contribution in [0.5, 0.6) is 0 Å². The Morgan fingerprint density at radius 1 is 0.857 bits per heavy atom. The van der Waals surface area contributed by atoms with Gasteiger partial charge in [-0.05, 0) is 24.3 Å². The van der Waals surface area contributed by atoms with E-state index in [1.165, 1.54) is 24.3 Å². The summed E-state index contributed by atoms with van der Waals surface area (Å²) < 4.78 is 19.9. The van der Waals surface area contributed by atoms with Crippen LogP contribution in [0.25, 0.3) is 0 Å². The summed E-state index contributed by atoms with van der Waals surface area (Å²) in [5, 5.41) is 0.415. The molecular formula is C7H17ClO10P2S. The summed E-state index contributed by atoms with van der Waals surface area (Å²) in [4.78, 5) is 35.9. The summed E-state index contributed by atoms with van der Waals surface area (Å²) in [5.41, 5.74) is 0. The van der Waals surface area contributed by atoms with Gasteiger partial charge in [0.15, 0.2) is 0 Å². The van der Waals surface area contributed by atoms with Crippen molar-refractivity contribution in [2.24, 2.45) is 0 Å². The zero-order valence-electron chi connectivity index (χ0n) is 10.2. The Morgan fingerprint density at radius 2 is 1.19 bits per heavy atom. The van der Waals surface area contributed by atoms with Crippen molar-refractivity contribution in [2.45, 2.75) is 9.63 Å². The first-order valence-corrected chi connectivity index (χ1v) is 8.75. The van der Waals surface area contributed by atoms with Gasteiger partial charge in [0.1, 0.15) is 0 Å². The van der Waals surface area contributed by atoms with E-state index in [-0.39, 0.29) is 21.9 Å². The molecule has 1 aromatic carbocycles. The number of benzene rings is 1. The molecule has 0 atom stereocenters. The molecule has 0 unspecified atom stereocenters. The molecule has 128 valence electrons. The van der Waals surface area contributed by atoms with Crippen LogP contribution >= 0.6 is 38.6 Å². The number of hydrogen-bond acceptors (Lipinski definition) is 3. The maximum absolute atomic E-state index is 11.0. The molecular weight excluding hydrogens is 374 g/mol. The number of thioether (sulfide) groups is 1. The molecule has 0 bridgehead atoms. The second kappa shape index (κ2) is 10.7. The van der Waals surface area contributed by atoms with Crippen LogP contribution in [0.2, 0.25) is 5.02 Å². The lowest BCUT2D eigenvalue weighted by Crippen LogP contribution is -2.04. The maximum atomic E-state index is 11.0. The van der Waals surface area contributed by atoms with Crippen molar-refractivity contribution in [3.63, 3.8) is 0 Å². The first kappa shape index (κ1) is 29.1. The van der Waals surface area contributed by atoms with E-state index < -0.39 is 19.9 Å². The minimum Gasteiger partial charge on any atom is -0.412 e. The first-order chi connectivity index (χ1) is 7.60. The highest BCUT2D eigenvalue weighted by Gasteiger charge is 2.44. The molecule has 0 aliphatic rings. The van der Waals surface area contributed by atoms with E-state index in [0.717, 1.165) is 0 Å². The van der Waals surface area contributed by atoms with Crippen LogP contribution in [-0.4, -0.2) is 46.2 Å². The van der Waals surface area contributed by atoms with Gasteiger partial charge in [-0.1, -0.05) is 23.4 Å². The Morgan fingerprint density at radius 3 is 1.48 bits per heavy atom. The summed E-state index contributed by atoms with van der Waals surface area (Å²) in [6.07, 6.45) is 0. The summed E-state index contributed by atoms with van der Waals surface area (Å²) in [6.45, 7) is 0. The van der Waals surface area contributed by atoms with Crippen LogP contribution in [0, 0.1) is 0 Å². The molecule has 0 spiro atoms. The number of rotatable bonds is 4. The van der Waals surface area contributed by atoms with Crippen LogP contribution in [0.1, 0.15) is 0 Å². The Bertz CT molecular complexity index is 463. The third kappa shape index (κ3) is 9.59. The average molecular weight is 391 g/mol. The summed E-state index contributed by atoms with van der Waals surface area (Å²) in [5.74, 6) is 0. The Hall–Kier alpha value is -0.0000000000000000971. The normalized spacial score (nSPS) is 10.6. The van der Waals surface area contributed by atoms with Crippen molar-refractivity contribution < 1.29 is 50.6 Å². The predicted octanol–water partition coefficient (Wildman–Crippen LogP) is -1.23. The molecule has 0 saturated heterocycles. The maximum Gasteiger partial charge on any atom is 0.351 e. The van der Waals surface area contributed by atoms with Gasteiger partial charge in [-0.2, -0.15) is 0 Å². The molecule has 0 aromatic heterocycles. The fraction of sp³-hybridized carbons (Fsp3) is 0.143. The highest BCUT2D eigenvalue weighted by atomic mass is 35.5. The Kier molecular flexibility index (Phi) is 14.8. The smallest absolute Gasteiger partial charge is 0.351 e. The van der Waals surface area contributed by atoms with Gasteiger partial charge in [0, 0.05) is 9.92 Å². The van der Waals surface area contributed by atoms with Crippen molar-refractivity contribution in [1.82, 2.24) is 0 Å². The van der Waals surface area contributed by atoms with E-state index in [0.29, 0.717) is 21.7 Å². The van der Waals surface area contributed by atoms with E-state index in [9.17, 15) is 9.13 Å². The van der Waals surface area contributed by atoms with Gasteiger partial charge in [-0.15, -0.1) is 0 Å². The van der Waals surface area contributed by atoms with Gasteiger partial charge >= 0.3 is 15.2 Å². The van der Waals surface area contributed by atoms with Crippen LogP contribution in [0.4, 0.5) is 0 Å².